The molecule has 34 heavy (non-hydrogen) atoms. The number of Topliss-reactive ketones (excluding diaryl/α,β-unsaturated/α-hetero) is 1. The van der Waals surface area contributed by atoms with Crippen LogP contribution in [-0.2, 0) is 15.8 Å². The van der Waals surface area contributed by atoms with E-state index in [4.69, 9.17) is 5.73 Å². The average molecular weight is 474 g/mol. The highest BCUT2D eigenvalue weighted by Crippen LogP contribution is 2.32. The van der Waals surface area contributed by atoms with Gasteiger partial charge in [-0.1, -0.05) is 69.5 Å². The second-order valence-corrected chi connectivity index (χ2v) is 8.60. The van der Waals surface area contributed by atoms with E-state index in [1.165, 1.54) is 12.1 Å². The fourth-order valence-corrected chi connectivity index (χ4v) is 4.14. The third-order valence-corrected chi connectivity index (χ3v) is 6.21. The summed E-state index contributed by atoms with van der Waals surface area (Å²) in [5.74, 6) is -1.63. The molecule has 0 saturated heterocycles. The number of fused-ring (bicyclic) bond motifs is 1. The summed E-state index contributed by atoms with van der Waals surface area (Å²) < 4.78 is 39.2. The van der Waals surface area contributed by atoms with Gasteiger partial charge in [0.25, 0.3) is 0 Å². The van der Waals surface area contributed by atoms with Crippen LogP contribution >= 0.6 is 0 Å². The number of hydrogen-bond acceptors (Lipinski definition) is 4. The zero-order valence-corrected chi connectivity index (χ0v) is 19.4. The Balaban J connectivity index is 1.99. The SMILES string of the molecule is CCCCC[C@@H](CN)C(=O)NC1N=C(c2ccc(C(F)(F)F)cc2)c2ccccc2C(C)C1=O. The molecule has 0 aromatic heterocycles. The molecule has 0 bridgehead atoms. The van der Waals surface area contributed by atoms with E-state index in [1.54, 1.807) is 31.2 Å². The van der Waals surface area contributed by atoms with Gasteiger partial charge in [0.2, 0.25) is 5.91 Å². The Labute approximate surface area is 197 Å². The summed E-state index contributed by atoms with van der Waals surface area (Å²) in [6, 6.07) is 11.8. The van der Waals surface area contributed by atoms with Crippen LogP contribution in [0, 0.1) is 5.92 Å². The van der Waals surface area contributed by atoms with Gasteiger partial charge in [-0.25, -0.2) is 0 Å². The third-order valence-electron chi connectivity index (χ3n) is 6.21. The van der Waals surface area contributed by atoms with Crippen LogP contribution in [-0.4, -0.2) is 30.1 Å². The summed E-state index contributed by atoms with van der Waals surface area (Å²) in [6.45, 7) is 3.97. The highest BCUT2D eigenvalue weighted by atomic mass is 19.4. The summed E-state index contributed by atoms with van der Waals surface area (Å²) in [5, 5.41) is 2.75. The Morgan fingerprint density at radius 2 is 1.79 bits per heavy atom. The number of alkyl halides is 3. The number of rotatable bonds is 8. The lowest BCUT2D eigenvalue weighted by atomic mass is 9.89. The van der Waals surface area contributed by atoms with E-state index < -0.39 is 29.7 Å². The molecule has 3 atom stereocenters. The fraction of sp³-hybridized carbons (Fsp3) is 0.423. The van der Waals surface area contributed by atoms with Gasteiger partial charge < -0.3 is 11.1 Å². The maximum Gasteiger partial charge on any atom is 0.416 e. The molecule has 1 aliphatic rings. The molecule has 0 spiro atoms. The number of aliphatic imine (C=N–C) groups is 1. The number of nitrogens with zero attached hydrogens (tertiary/aromatic N) is 1. The van der Waals surface area contributed by atoms with Crippen LogP contribution in [0.3, 0.4) is 0 Å². The van der Waals surface area contributed by atoms with Gasteiger partial charge in [0.05, 0.1) is 17.2 Å². The fourth-order valence-electron chi connectivity index (χ4n) is 4.14. The van der Waals surface area contributed by atoms with E-state index in [0.29, 0.717) is 28.8 Å². The molecule has 1 amide bonds. The van der Waals surface area contributed by atoms with Crippen molar-refractivity contribution < 1.29 is 22.8 Å². The molecule has 8 heteroatoms. The largest absolute Gasteiger partial charge is 0.416 e. The molecule has 2 aromatic rings. The molecule has 2 unspecified atom stereocenters. The van der Waals surface area contributed by atoms with Gasteiger partial charge in [-0.2, -0.15) is 13.2 Å². The lowest BCUT2D eigenvalue weighted by Crippen LogP contribution is -2.45. The van der Waals surface area contributed by atoms with Crippen molar-refractivity contribution in [2.24, 2.45) is 16.6 Å². The number of halogens is 3. The molecule has 5 nitrogen and oxygen atoms in total. The first-order valence-electron chi connectivity index (χ1n) is 11.6. The van der Waals surface area contributed by atoms with Gasteiger partial charge in [-0.05, 0) is 24.1 Å². The van der Waals surface area contributed by atoms with Gasteiger partial charge in [-0.15, -0.1) is 0 Å². The number of amides is 1. The van der Waals surface area contributed by atoms with Crippen LogP contribution in [0.15, 0.2) is 53.5 Å². The van der Waals surface area contributed by atoms with Crippen LogP contribution in [0.2, 0.25) is 0 Å². The summed E-state index contributed by atoms with van der Waals surface area (Å²) in [6.07, 6.45) is -2.16. The minimum absolute atomic E-state index is 0.154. The van der Waals surface area contributed by atoms with Crippen LogP contribution in [0.25, 0.3) is 0 Å². The molecule has 3 N–H and O–H groups in total. The molecule has 182 valence electrons. The minimum Gasteiger partial charge on any atom is -0.330 e. The molecule has 3 rings (SSSR count). The van der Waals surface area contributed by atoms with Gasteiger partial charge in [0.1, 0.15) is 0 Å². The van der Waals surface area contributed by atoms with Crippen molar-refractivity contribution in [3.63, 3.8) is 0 Å². The van der Waals surface area contributed by atoms with E-state index in [1.807, 2.05) is 0 Å². The molecule has 1 aliphatic heterocycles. The zero-order chi connectivity index (χ0) is 24.9. The Bertz CT molecular complexity index is 1050. The molecule has 0 radical (unpaired) electrons. The van der Waals surface area contributed by atoms with Gasteiger partial charge in [0.15, 0.2) is 11.9 Å². The van der Waals surface area contributed by atoms with Crippen molar-refractivity contribution in [3.05, 3.63) is 70.8 Å². The summed E-state index contributed by atoms with van der Waals surface area (Å²) in [5.41, 5.74) is 7.20. The van der Waals surface area contributed by atoms with Gasteiger partial charge >= 0.3 is 6.18 Å². The summed E-state index contributed by atoms with van der Waals surface area (Å²) >= 11 is 0. The van der Waals surface area contributed by atoms with Gasteiger partial charge in [-0.3, -0.25) is 14.6 Å². The van der Waals surface area contributed by atoms with Gasteiger partial charge in [0, 0.05) is 23.6 Å². The number of nitrogens with two attached hydrogens (primary N) is 1. The number of unbranched alkanes of at least 4 members (excludes halogenated alkanes) is 2. The molecular weight excluding hydrogens is 443 g/mol. The molecule has 1 heterocycles. The third kappa shape index (κ3) is 5.73. The molecular formula is C26H30F3N3O2. The highest BCUT2D eigenvalue weighted by Gasteiger charge is 2.34. The van der Waals surface area contributed by atoms with Crippen molar-refractivity contribution in [1.82, 2.24) is 5.32 Å². The first-order valence-corrected chi connectivity index (χ1v) is 11.6. The van der Waals surface area contributed by atoms with E-state index in [0.717, 1.165) is 31.4 Å². The minimum atomic E-state index is -4.46. The molecule has 0 aliphatic carbocycles. The molecule has 2 aromatic carbocycles. The number of carbonyl (C=O) groups excluding carboxylic acids is 2. The smallest absolute Gasteiger partial charge is 0.330 e. The highest BCUT2D eigenvalue weighted by molar-refractivity contribution is 6.16. The van der Waals surface area contributed by atoms with Crippen molar-refractivity contribution in [1.29, 1.82) is 0 Å². The van der Waals surface area contributed by atoms with E-state index in [9.17, 15) is 22.8 Å². The Morgan fingerprint density at radius 3 is 2.41 bits per heavy atom. The van der Waals surface area contributed by atoms with Crippen molar-refractivity contribution in [3.8, 4) is 0 Å². The number of carbonyl (C=O) groups is 2. The van der Waals surface area contributed by atoms with Crippen molar-refractivity contribution in [2.45, 2.75) is 57.8 Å². The lowest BCUT2D eigenvalue weighted by Gasteiger charge is -2.20. The maximum atomic E-state index is 13.3. The van der Waals surface area contributed by atoms with E-state index in [-0.39, 0.29) is 18.2 Å². The zero-order valence-electron chi connectivity index (χ0n) is 19.4. The van der Waals surface area contributed by atoms with Crippen molar-refractivity contribution in [2.75, 3.05) is 6.54 Å². The van der Waals surface area contributed by atoms with E-state index in [2.05, 4.69) is 17.2 Å². The van der Waals surface area contributed by atoms with Crippen LogP contribution in [0.5, 0.6) is 0 Å². The average Bonchev–Trinajstić information content (AvgIpc) is 2.92. The first kappa shape index (κ1) is 25.6. The Morgan fingerprint density at radius 1 is 1.12 bits per heavy atom. The topological polar surface area (TPSA) is 84.6 Å². The monoisotopic (exact) mass is 473 g/mol. The Kier molecular flexibility index (Phi) is 8.25. The second-order valence-electron chi connectivity index (χ2n) is 8.60. The normalized spacial score (nSPS) is 19.1. The maximum absolute atomic E-state index is 13.3. The summed E-state index contributed by atoms with van der Waals surface area (Å²) in [7, 11) is 0. The van der Waals surface area contributed by atoms with Crippen molar-refractivity contribution >= 4 is 17.4 Å². The quantitative estimate of drug-likeness (QED) is 0.539. The molecule has 0 fully saturated rings. The first-order chi connectivity index (χ1) is 16.2. The number of ketones is 1. The van der Waals surface area contributed by atoms with Crippen LogP contribution < -0.4 is 11.1 Å². The Hall–Kier alpha value is -3.00. The van der Waals surface area contributed by atoms with Crippen LogP contribution in [0.1, 0.15) is 67.7 Å². The number of benzene rings is 2. The lowest BCUT2D eigenvalue weighted by molar-refractivity contribution is -0.137. The number of hydrogen-bond donors (Lipinski definition) is 2. The number of nitrogens with one attached hydrogen (secondary N) is 1. The predicted molar refractivity (Wildman–Crippen MR) is 126 cm³/mol. The molecule has 0 saturated carbocycles. The van der Waals surface area contributed by atoms with E-state index >= 15 is 0 Å². The second kappa shape index (κ2) is 11.0. The summed E-state index contributed by atoms with van der Waals surface area (Å²) in [4.78, 5) is 30.8. The standard InChI is InChI=1S/C26H30F3N3O2/c1-3-4-5-8-18(15-30)25(34)32-24-23(33)16(2)20-9-6-7-10-21(20)22(31-24)17-11-13-19(14-12-17)26(27,28)29/h6-7,9-14,16,18,24H,3-5,8,15,30H2,1-2H3,(H,32,34)/t16?,18-,24?/m0/s1. The van der Waals surface area contributed by atoms with Crippen LogP contribution in [0.4, 0.5) is 13.2 Å². The predicted octanol–water partition coefficient (Wildman–Crippen LogP) is 4.83.